The van der Waals surface area contributed by atoms with Crippen molar-refractivity contribution in [3.05, 3.63) is 35.9 Å². The van der Waals surface area contributed by atoms with Gasteiger partial charge in [0.2, 0.25) is 11.8 Å². The molecule has 0 unspecified atom stereocenters. The Bertz CT molecular complexity index is 567. The topological polar surface area (TPSA) is 96.5 Å². The summed E-state index contributed by atoms with van der Waals surface area (Å²) >= 11 is 0. The second-order valence-electron chi connectivity index (χ2n) is 6.57. The van der Waals surface area contributed by atoms with E-state index in [4.69, 9.17) is 4.74 Å². The normalized spacial score (nSPS) is 10.7. The number of alkyl carbamates (subject to hydrolysis) is 1. The standard InChI is InChI=1S/C18H27N3O4/c1-18(2,3)25-17(24)21-13-16(23)20-11-7-10-19-15(22)12-14-8-5-4-6-9-14/h4-6,8-9H,7,10-13H2,1-3H3,(H,19,22)(H,20,23)(H,21,24). The van der Waals surface area contributed by atoms with Crippen molar-refractivity contribution in [3.8, 4) is 0 Å². The minimum atomic E-state index is -0.629. The van der Waals surface area contributed by atoms with Crippen LogP contribution in [0.1, 0.15) is 32.8 Å². The van der Waals surface area contributed by atoms with Crippen LogP contribution in [-0.2, 0) is 20.7 Å². The summed E-state index contributed by atoms with van der Waals surface area (Å²) in [7, 11) is 0. The lowest BCUT2D eigenvalue weighted by atomic mass is 10.1. The Morgan fingerprint density at radius 2 is 1.52 bits per heavy atom. The van der Waals surface area contributed by atoms with E-state index in [0.29, 0.717) is 25.9 Å². The maximum absolute atomic E-state index is 11.7. The fourth-order valence-electron chi connectivity index (χ4n) is 1.92. The third-order valence-electron chi connectivity index (χ3n) is 3.00. The van der Waals surface area contributed by atoms with Crippen molar-refractivity contribution in [3.63, 3.8) is 0 Å². The fraction of sp³-hybridized carbons (Fsp3) is 0.500. The zero-order chi connectivity index (χ0) is 18.7. The highest BCUT2D eigenvalue weighted by molar-refractivity contribution is 5.82. The lowest BCUT2D eigenvalue weighted by molar-refractivity contribution is -0.120. The zero-order valence-corrected chi connectivity index (χ0v) is 15.1. The lowest BCUT2D eigenvalue weighted by Gasteiger charge is -2.19. The molecule has 0 atom stereocenters. The van der Waals surface area contributed by atoms with Crippen molar-refractivity contribution in [2.45, 2.75) is 39.2 Å². The van der Waals surface area contributed by atoms with Crippen LogP contribution in [-0.4, -0.2) is 43.1 Å². The molecular weight excluding hydrogens is 322 g/mol. The van der Waals surface area contributed by atoms with Crippen molar-refractivity contribution in [2.75, 3.05) is 19.6 Å². The molecule has 0 saturated carbocycles. The number of carbonyl (C=O) groups excluding carboxylic acids is 3. The molecule has 0 bridgehead atoms. The van der Waals surface area contributed by atoms with E-state index in [0.717, 1.165) is 5.56 Å². The summed E-state index contributed by atoms with van der Waals surface area (Å²) in [5.74, 6) is -0.356. The van der Waals surface area contributed by atoms with Gasteiger partial charge in [0.15, 0.2) is 0 Å². The third-order valence-corrected chi connectivity index (χ3v) is 3.00. The van der Waals surface area contributed by atoms with Gasteiger partial charge in [0, 0.05) is 13.1 Å². The predicted octanol–water partition coefficient (Wildman–Crippen LogP) is 1.38. The van der Waals surface area contributed by atoms with Crippen LogP contribution >= 0.6 is 0 Å². The van der Waals surface area contributed by atoms with Crippen LogP contribution in [0.25, 0.3) is 0 Å². The van der Waals surface area contributed by atoms with E-state index in [2.05, 4.69) is 16.0 Å². The van der Waals surface area contributed by atoms with Gasteiger partial charge < -0.3 is 20.7 Å². The van der Waals surface area contributed by atoms with E-state index in [1.807, 2.05) is 30.3 Å². The molecule has 7 nitrogen and oxygen atoms in total. The fourth-order valence-corrected chi connectivity index (χ4v) is 1.92. The molecule has 0 radical (unpaired) electrons. The van der Waals surface area contributed by atoms with E-state index >= 15 is 0 Å². The van der Waals surface area contributed by atoms with Crippen molar-refractivity contribution in [1.82, 2.24) is 16.0 Å². The van der Waals surface area contributed by atoms with Crippen LogP contribution in [0.5, 0.6) is 0 Å². The number of amides is 3. The van der Waals surface area contributed by atoms with Crippen LogP contribution in [0.2, 0.25) is 0 Å². The zero-order valence-electron chi connectivity index (χ0n) is 15.1. The van der Waals surface area contributed by atoms with Crippen molar-refractivity contribution in [2.24, 2.45) is 0 Å². The van der Waals surface area contributed by atoms with Crippen molar-refractivity contribution < 1.29 is 19.1 Å². The molecule has 0 heterocycles. The molecule has 1 aromatic rings. The number of hydrogen-bond acceptors (Lipinski definition) is 4. The summed E-state index contributed by atoms with van der Waals surface area (Å²) in [6.07, 6.45) is 0.321. The highest BCUT2D eigenvalue weighted by Gasteiger charge is 2.16. The number of benzene rings is 1. The first-order chi connectivity index (χ1) is 11.8. The molecule has 0 aliphatic heterocycles. The van der Waals surface area contributed by atoms with Gasteiger partial charge in [-0.1, -0.05) is 30.3 Å². The van der Waals surface area contributed by atoms with Crippen LogP contribution in [0.3, 0.4) is 0 Å². The summed E-state index contributed by atoms with van der Waals surface area (Å²) < 4.78 is 5.03. The Morgan fingerprint density at radius 3 is 2.12 bits per heavy atom. The van der Waals surface area contributed by atoms with Crippen LogP contribution in [0.4, 0.5) is 4.79 Å². The molecule has 1 aromatic carbocycles. The number of nitrogens with one attached hydrogen (secondary N) is 3. The Labute approximate surface area is 148 Å². The highest BCUT2D eigenvalue weighted by Crippen LogP contribution is 2.06. The van der Waals surface area contributed by atoms with Gasteiger partial charge in [0.1, 0.15) is 5.60 Å². The molecule has 0 aromatic heterocycles. The van der Waals surface area contributed by atoms with Crippen LogP contribution in [0.15, 0.2) is 30.3 Å². The number of rotatable bonds is 8. The molecule has 3 amide bonds. The molecule has 7 heteroatoms. The Morgan fingerprint density at radius 1 is 0.920 bits per heavy atom. The van der Waals surface area contributed by atoms with Gasteiger partial charge in [-0.05, 0) is 32.8 Å². The monoisotopic (exact) mass is 349 g/mol. The summed E-state index contributed by atoms with van der Waals surface area (Å²) in [6.45, 7) is 6.00. The third kappa shape index (κ3) is 10.8. The van der Waals surface area contributed by atoms with E-state index < -0.39 is 11.7 Å². The Hall–Kier alpha value is -2.57. The maximum atomic E-state index is 11.7. The first-order valence-corrected chi connectivity index (χ1v) is 8.30. The highest BCUT2D eigenvalue weighted by atomic mass is 16.6. The molecule has 0 spiro atoms. The van der Waals surface area contributed by atoms with Crippen molar-refractivity contribution >= 4 is 17.9 Å². The van der Waals surface area contributed by atoms with Gasteiger partial charge in [0.05, 0.1) is 13.0 Å². The molecule has 0 fully saturated rings. The van der Waals surface area contributed by atoms with Gasteiger partial charge in [-0.15, -0.1) is 0 Å². The molecule has 0 aliphatic rings. The largest absolute Gasteiger partial charge is 0.444 e. The van der Waals surface area contributed by atoms with E-state index in [1.165, 1.54) is 0 Å². The first-order valence-electron chi connectivity index (χ1n) is 8.30. The molecule has 0 aliphatic carbocycles. The summed E-state index contributed by atoms with van der Waals surface area (Å²) in [5, 5.41) is 7.85. The van der Waals surface area contributed by atoms with E-state index in [9.17, 15) is 14.4 Å². The molecule has 1 rings (SSSR count). The molecule has 0 saturated heterocycles. The van der Waals surface area contributed by atoms with Crippen LogP contribution in [0, 0.1) is 0 Å². The number of ether oxygens (including phenoxy) is 1. The number of carbonyl (C=O) groups is 3. The summed E-state index contributed by atoms with van der Waals surface area (Å²) in [4.78, 5) is 34.7. The van der Waals surface area contributed by atoms with Gasteiger partial charge >= 0.3 is 6.09 Å². The lowest BCUT2D eigenvalue weighted by Crippen LogP contribution is -2.40. The van der Waals surface area contributed by atoms with Crippen LogP contribution < -0.4 is 16.0 Å². The molecule has 25 heavy (non-hydrogen) atoms. The smallest absolute Gasteiger partial charge is 0.408 e. The molecular formula is C18H27N3O4. The summed E-state index contributed by atoms with van der Waals surface area (Å²) in [6, 6.07) is 9.49. The molecule has 138 valence electrons. The second kappa shape index (κ2) is 10.3. The van der Waals surface area contributed by atoms with E-state index in [-0.39, 0.29) is 18.4 Å². The maximum Gasteiger partial charge on any atom is 0.408 e. The predicted molar refractivity (Wildman–Crippen MR) is 95.0 cm³/mol. The molecule has 3 N–H and O–H groups in total. The quantitative estimate of drug-likeness (QED) is 0.618. The van der Waals surface area contributed by atoms with Gasteiger partial charge in [0.25, 0.3) is 0 Å². The number of hydrogen-bond donors (Lipinski definition) is 3. The minimum Gasteiger partial charge on any atom is -0.444 e. The Balaban J connectivity index is 2.06. The van der Waals surface area contributed by atoms with E-state index in [1.54, 1.807) is 20.8 Å². The van der Waals surface area contributed by atoms with Gasteiger partial charge in [-0.3, -0.25) is 9.59 Å². The van der Waals surface area contributed by atoms with Gasteiger partial charge in [-0.2, -0.15) is 0 Å². The van der Waals surface area contributed by atoms with Gasteiger partial charge in [-0.25, -0.2) is 4.79 Å². The average Bonchev–Trinajstić information content (AvgIpc) is 2.52. The second-order valence-corrected chi connectivity index (χ2v) is 6.57. The first kappa shape index (κ1) is 20.5. The average molecular weight is 349 g/mol. The summed E-state index contributed by atoms with van der Waals surface area (Å²) in [5.41, 5.74) is 0.361. The Kier molecular flexibility index (Phi) is 8.46. The SMILES string of the molecule is CC(C)(C)OC(=O)NCC(=O)NCCCNC(=O)Cc1ccccc1. The van der Waals surface area contributed by atoms with Crippen molar-refractivity contribution in [1.29, 1.82) is 0 Å². The minimum absolute atomic E-state index is 0.0517.